The summed E-state index contributed by atoms with van der Waals surface area (Å²) in [4.78, 5) is 8.26. The molecule has 0 aliphatic rings. The van der Waals surface area contributed by atoms with Crippen molar-refractivity contribution in [3.8, 4) is 11.4 Å². The van der Waals surface area contributed by atoms with Crippen LogP contribution in [0.2, 0.25) is 0 Å². The molecular formula is C15H14FN5. The van der Waals surface area contributed by atoms with Crippen LogP contribution in [-0.2, 0) is 6.54 Å². The molecule has 0 aliphatic carbocycles. The van der Waals surface area contributed by atoms with Crippen LogP contribution in [0.25, 0.3) is 11.4 Å². The first-order valence-corrected chi connectivity index (χ1v) is 6.55. The van der Waals surface area contributed by atoms with E-state index in [-0.39, 0.29) is 11.6 Å². The van der Waals surface area contributed by atoms with E-state index in [0.717, 1.165) is 17.0 Å². The maximum absolute atomic E-state index is 13.5. The number of pyridine rings is 1. The van der Waals surface area contributed by atoms with Gasteiger partial charge in [-0.05, 0) is 30.7 Å². The molecule has 0 aliphatic heterocycles. The predicted octanol–water partition coefficient (Wildman–Crippen LogP) is 2.93. The van der Waals surface area contributed by atoms with Gasteiger partial charge in [0.15, 0.2) is 17.5 Å². The van der Waals surface area contributed by atoms with E-state index < -0.39 is 0 Å². The second-order valence-electron chi connectivity index (χ2n) is 4.63. The standard InChI is InChI=1S/C15H14FN5/c1-10-19-14(21-20-10)12-5-2-4-11(8-12)9-18-15-13(16)6-3-7-17-15/h2-8H,9H2,1H3,(H,17,18)(H,19,20,21). The minimum atomic E-state index is -0.363. The van der Waals surface area contributed by atoms with Gasteiger partial charge in [0, 0.05) is 18.3 Å². The maximum Gasteiger partial charge on any atom is 0.181 e. The third-order valence-corrected chi connectivity index (χ3v) is 3.00. The predicted molar refractivity (Wildman–Crippen MR) is 78.1 cm³/mol. The molecule has 3 rings (SSSR count). The van der Waals surface area contributed by atoms with E-state index in [2.05, 4.69) is 25.5 Å². The summed E-state index contributed by atoms with van der Waals surface area (Å²) in [5.74, 6) is 1.30. The SMILES string of the molecule is Cc1nc(-c2cccc(CNc3ncccc3F)c2)n[nH]1. The van der Waals surface area contributed by atoms with Gasteiger partial charge in [-0.15, -0.1) is 0 Å². The summed E-state index contributed by atoms with van der Waals surface area (Å²) in [6.45, 7) is 2.33. The van der Waals surface area contributed by atoms with Crippen molar-refractivity contribution in [1.82, 2.24) is 20.2 Å². The van der Waals surface area contributed by atoms with Gasteiger partial charge in [0.1, 0.15) is 5.82 Å². The molecular weight excluding hydrogens is 269 g/mol. The number of rotatable bonds is 4. The van der Waals surface area contributed by atoms with Crippen LogP contribution < -0.4 is 5.32 Å². The highest BCUT2D eigenvalue weighted by Crippen LogP contribution is 2.17. The van der Waals surface area contributed by atoms with E-state index in [4.69, 9.17) is 0 Å². The number of nitrogens with zero attached hydrogens (tertiary/aromatic N) is 3. The number of nitrogens with one attached hydrogen (secondary N) is 2. The van der Waals surface area contributed by atoms with E-state index >= 15 is 0 Å². The van der Waals surface area contributed by atoms with Crippen LogP contribution in [0.15, 0.2) is 42.6 Å². The molecule has 0 amide bonds. The number of aromatic nitrogens is 4. The van der Waals surface area contributed by atoms with Gasteiger partial charge in [0.05, 0.1) is 0 Å². The molecule has 2 aromatic heterocycles. The number of halogens is 1. The fourth-order valence-corrected chi connectivity index (χ4v) is 1.99. The lowest BCUT2D eigenvalue weighted by molar-refractivity contribution is 0.624. The van der Waals surface area contributed by atoms with Crippen LogP contribution in [0.1, 0.15) is 11.4 Å². The molecule has 1 aromatic carbocycles. The van der Waals surface area contributed by atoms with Crippen LogP contribution in [0.3, 0.4) is 0 Å². The molecule has 106 valence electrons. The molecule has 0 atom stereocenters. The van der Waals surface area contributed by atoms with E-state index in [1.54, 1.807) is 12.3 Å². The van der Waals surface area contributed by atoms with Crippen molar-refractivity contribution >= 4 is 5.82 Å². The highest BCUT2D eigenvalue weighted by molar-refractivity contribution is 5.56. The largest absolute Gasteiger partial charge is 0.364 e. The highest BCUT2D eigenvalue weighted by Gasteiger charge is 2.05. The van der Waals surface area contributed by atoms with Gasteiger partial charge in [0.2, 0.25) is 0 Å². The van der Waals surface area contributed by atoms with Gasteiger partial charge in [-0.2, -0.15) is 5.10 Å². The lowest BCUT2D eigenvalue weighted by Crippen LogP contribution is -2.03. The molecule has 0 bridgehead atoms. The molecule has 0 unspecified atom stereocenters. The molecule has 5 nitrogen and oxygen atoms in total. The number of H-pyrrole nitrogens is 1. The lowest BCUT2D eigenvalue weighted by atomic mass is 10.1. The molecule has 6 heteroatoms. The van der Waals surface area contributed by atoms with Gasteiger partial charge in [-0.1, -0.05) is 18.2 Å². The Morgan fingerprint density at radius 3 is 2.90 bits per heavy atom. The Morgan fingerprint density at radius 1 is 1.24 bits per heavy atom. The summed E-state index contributed by atoms with van der Waals surface area (Å²) in [6.07, 6.45) is 1.55. The molecule has 0 spiro atoms. The summed E-state index contributed by atoms with van der Waals surface area (Å²) in [6, 6.07) is 10.7. The van der Waals surface area contributed by atoms with E-state index in [1.165, 1.54) is 6.07 Å². The number of benzene rings is 1. The number of aromatic amines is 1. The summed E-state index contributed by atoms with van der Waals surface area (Å²) >= 11 is 0. The monoisotopic (exact) mass is 283 g/mol. The average Bonchev–Trinajstić information content (AvgIpc) is 2.93. The zero-order chi connectivity index (χ0) is 14.7. The molecule has 3 aromatic rings. The lowest BCUT2D eigenvalue weighted by Gasteiger charge is -2.07. The molecule has 0 radical (unpaired) electrons. The van der Waals surface area contributed by atoms with Crippen LogP contribution in [0.5, 0.6) is 0 Å². The summed E-state index contributed by atoms with van der Waals surface area (Å²) in [7, 11) is 0. The van der Waals surface area contributed by atoms with Crippen molar-refractivity contribution in [2.75, 3.05) is 5.32 Å². The Bertz CT molecular complexity index is 753. The highest BCUT2D eigenvalue weighted by atomic mass is 19.1. The van der Waals surface area contributed by atoms with Crippen LogP contribution in [0, 0.1) is 12.7 Å². The first-order chi connectivity index (χ1) is 10.2. The van der Waals surface area contributed by atoms with Crippen LogP contribution >= 0.6 is 0 Å². The smallest absolute Gasteiger partial charge is 0.181 e. The topological polar surface area (TPSA) is 66.5 Å². The zero-order valence-corrected chi connectivity index (χ0v) is 11.5. The van der Waals surface area contributed by atoms with Crippen molar-refractivity contribution in [3.05, 3.63) is 59.8 Å². The summed E-state index contributed by atoms with van der Waals surface area (Å²) in [5, 5.41) is 9.92. The summed E-state index contributed by atoms with van der Waals surface area (Å²) < 4.78 is 13.5. The Hall–Kier alpha value is -2.76. The minimum absolute atomic E-state index is 0.247. The van der Waals surface area contributed by atoms with Crippen LogP contribution in [-0.4, -0.2) is 20.2 Å². The number of hydrogen-bond acceptors (Lipinski definition) is 4. The zero-order valence-electron chi connectivity index (χ0n) is 11.5. The van der Waals surface area contributed by atoms with Crippen molar-refractivity contribution in [3.63, 3.8) is 0 Å². The number of anilines is 1. The van der Waals surface area contributed by atoms with Gasteiger partial charge in [0.25, 0.3) is 0 Å². The Kier molecular flexibility index (Phi) is 3.59. The van der Waals surface area contributed by atoms with Gasteiger partial charge in [-0.25, -0.2) is 14.4 Å². The fraction of sp³-hybridized carbons (Fsp3) is 0.133. The number of hydrogen-bond donors (Lipinski definition) is 2. The van der Waals surface area contributed by atoms with Crippen molar-refractivity contribution in [2.24, 2.45) is 0 Å². The van der Waals surface area contributed by atoms with Gasteiger partial charge >= 0.3 is 0 Å². The Morgan fingerprint density at radius 2 is 2.14 bits per heavy atom. The Labute approximate surface area is 121 Å². The van der Waals surface area contributed by atoms with Gasteiger partial charge in [-0.3, -0.25) is 5.10 Å². The van der Waals surface area contributed by atoms with Gasteiger partial charge < -0.3 is 5.32 Å². The second-order valence-corrected chi connectivity index (χ2v) is 4.63. The average molecular weight is 283 g/mol. The third-order valence-electron chi connectivity index (χ3n) is 3.00. The van der Waals surface area contributed by atoms with E-state index in [0.29, 0.717) is 12.4 Å². The second kappa shape index (κ2) is 5.70. The van der Waals surface area contributed by atoms with E-state index in [1.807, 2.05) is 31.2 Å². The normalized spacial score (nSPS) is 10.6. The minimum Gasteiger partial charge on any atom is -0.364 e. The maximum atomic E-state index is 13.5. The third kappa shape index (κ3) is 3.05. The van der Waals surface area contributed by atoms with Crippen molar-refractivity contribution in [2.45, 2.75) is 13.5 Å². The first kappa shape index (κ1) is 13.2. The van der Waals surface area contributed by atoms with Crippen LogP contribution in [0.4, 0.5) is 10.2 Å². The first-order valence-electron chi connectivity index (χ1n) is 6.55. The summed E-state index contributed by atoms with van der Waals surface area (Å²) in [5.41, 5.74) is 1.92. The Balaban J connectivity index is 1.76. The molecule has 0 saturated carbocycles. The van der Waals surface area contributed by atoms with Crippen molar-refractivity contribution < 1.29 is 4.39 Å². The quantitative estimate of drug-likeness (QED) is 0.772. The molecule has 0 saturated heterocycles. The molecule has 0 fully saturated rings. The molecule has 2 heterocycles. The van der Waals surface area contributed by atoms with E-state index in [9.17, 15) is 4.39 Å². The molecule has 2 N–H and O–H groups in total. The van der Waals surface area contributed by atoms with Crippen molar-refractivity contribution in [1.29, 1.82) is 0 Å². The fourth-order valence-electron chi connectivity index (χ4n) is 1.99. The molecule has 21 heavy (non-hydrogen) atoms. The number of aryl methyl sites for hydroxylation is 1.